The van der Waals surface area contributed by atoms with Gasteiger partial charge in [-0.25, -0.2) is 0 Å². The highest BCUT2D eigenvalue weighted by molar-refractivity contribution is 5.10. The van der Waals surface area contributed by atoms with E-state index in [4.69, 9.17) is 4.74 Å². The first-order valence-electron chi connectivity index (χ1n) is 9.16. The summed E-state index contributed by atoms with van der Waals surface area (Å²) < 4.78 is 6.16. The average molecular weight is 338 g/mol. The minimum atomic E-state index is 0.327. The second-order valence-electron chi connectivity index (χ2n) is 7.18. The summed E-state index contributed by atoms with van der Waals surface area (Å²) >= 11 is 0. The molecule has 2 atom stereocenters. The molecule has 132 valence electrons. The van der Waals surface area contributed by atoms with Crippen molar-refractivity contribution in [3.05, 3.63) is 59.7 Å². The number of hydrogen-bond donors (Lipinski definition) is 0. The van der Waals surface area contributed by atoms with Crippen molar-refractivity contribution in [2.45, 2.75) is 38.6 Å². The van der Waals surface area contributed by atoms with Crippen molar-refractivity contribution in [3.63, 3.8) is 0 Å². The van der Waals surface area contributed by atoms with Gasteiger partial charge in [-0.2, -0.15) is 0 Å². The Morgan fingerprint density at radius 3 is 2.84 bits per heavy atom. The number of hydrogen-bond acceptors (Lipinski definition) is 5. The molecule has 0 amide bonds. The van der Waals surface area contributed by atoms with Crippen LogP contribution in [-0.2, 0) is 17.9 Å². The Hall–Kier alpha value is -1.82. The van der Waals surface area contributed by atoms with Gasteiger partial charge in [0, 0.05) is 56.9 Å². The molecule has 2 aliphatic heterocycles. The second-order valence-corrected chi connectivity index (χ2v) is 7.18. The molecule has 5 heteroatoms. The minimum Gasteiger partial charge on any atom is -0.371 e. The number of ether oxygens (including phenoxy) is 1. The smallest absolute Gasteiger partial charge is 0.0892 e. The van der Waals surface area contributed by atoms with Crippen LogP contribution < -0.4 is 0 Å². The van der Waals surface area contributed by atoms with Gasteiger partial charge < -0.3 is 4.74 Å². The topological polar surface area (TPSA) is 41.5 Å². The van der Waals surface area contributed by atoms with Crippen LogP contribution in [0.4, 0.5) is 0 Å². The van der Waals surface area contributed by atoms with Gasteiger partial charge in [0.1, 0.15) is 0 Å². The summed E-state index contributed by atoms with van der Waals surface area (Å²) in [4.78, 5) is 13.8. The molecule has 0 bridgehead atoms. The van der Waals surface area contributed by atoms with Gasteiger partial charge in [-0.05, 0) is 43.2 Å². The molecule has 0 unspecified atom stereocenters. The van der Waals surface area contributed by atoms with Gasteiger partial charge in [-0.15, -0.1) is 0 Å². The lowest BCUT2D eigenvalue weighted by atomic mass is 10.1. The molecule has 0 aromatic carbocycles. The van der Waals surface area contributed by atoms with Crippen molar-refractivity contribution < 1.29 is 4.74 Å². The average Bonchev–Trinajstić information content (AvgIpc) is 3.03. The van der Waals surface area contributed by atoms with Crippen LogP contribution in [0.15, 0.2) is 42.7 Å². The van der Waals surface area contributed by atoms with Crippen molar-refractivity contribution in [2.75, 3.05) is 26.2 Å². The van der Waals surface area contributed by atoms with E-state index in [-0.39, 0.29) is 0 Å². The zero-order valence-electron chi connectivity index (χ0n) is 14.8. The molecule has 2 aromatic rings. The van der Waals surface area contributed by atoms with E-state index in [0.717, 1.165) is 50.5 Å². The van der Waals surface area contributed by atoms with Gasteiger partial charge in [-0.1, -0.05) is 6.07 Å². The van der Waals surface area contributed by atoms with Crippen LogP contribution >= 0.6 is 0 Å². The van der Waals surface area contributed by atoms with Gasteiger partial charge in [0.25, 0.3) is 0 Å². The molecule has 2 aromatic heterocycles. The van der Waals surface area contributed by atoms with Gasteiger partial charge in [0.2, 0.25) is 0 Å². The zero-order valence-corrected chi connectivity index (χ0v) is 14.8. The van der Waals surface area contributed by atoms with Crippen LogP contribution in [0, 0.1) is 6.92 Å². The van der Waals surface area contributed by atoms with Crippen molar-refractivity contribution >= 4 is 0 Å². The molecule has 25 heavy (non-hydrogen) atoms. The van der Waals surface area contributed by atoms with E-state index in [2.05, 4.69) is 38.0 Å². The quantitative estimate of drug-likeness (QED) is 0.836. The molecular formula is C20H26N4O. The summed E-state index contributed by atoms with van der Waals surface area (Å²) in [5.41, 5.74) is 3.43. The molecule has 0 N–H and O–H groups in total. The van der Waals surface area contributed by atoms with Gasteiger partial charge in [0.15, 0.2) is 0 Å². The van der Waals surface area contributed by atoms with Crippen molar-refractivity contribution in [1.82, 2.24) is 19.8 Å². The van der Waals surface area contributed by atoms with E-state index in [1.54, 1.807) is 0 Å². The second kappa shape index (κ2) is 7.60. The minimum absolute atomic E-state index is 0.327. The maximum Gasteiger partial charge on any atom is 0.0892 e. The normalized spacial score (nSPS) is 24.4. The van der Waals surface area contributed by atoms with E-state index >= 15 is 0 Å². The van der Waals surface area contributed by atoms with Crippen LogP contribution in [-0.4, -0.2) is 58.1 Å². The highest BCUT2D eigenvalue weighted by Crippen LogP contribution is 2.25. The van der Waals surface area contributed by atoms with Crippen LogP contribution in [0.3, 0.4) is 0 Å². The fraction of sp³-hybridized carbons (Fsp3) is 0.500. The summed E-state index contributed by atoms with van der Waals surface area (Å²) in [5, 5.41) is 0. The highest BCUT2D eigenvalue weighted by Gasteiger charge is 2.36. The number of rotatable bonds is 5. The number of aromatic nitrogens is 2. The van der Waals surface area contributed by atoms with E-state index in [1.165, 1.54) is 5.56 Å². The Balaban J connectivity index is 1.28. The summed E-state index contributed by atoms with van der Waals surface area (Å²) in [6.07, 6.45) is 5.21. The fourth-order valence-corrected chi connectivity index (χ4v) is 3.95. The van der Waals surface area contributed by atoms with Crippen molar-refractivity contribution in [3.8, 4) is 0 Å². The zero-order chi connectivity index (χ0) is 17.1. The molecular weight excluding hydrogens is 312 g/mol. The first-order chi connectivity index (χ1) is 12.3. The lowest BCUT2D eigenvalue weighted by Crippen LogP contribution is -2.49. The van der Waals surface area contributed by atoms with Crippen molar-refractivity contribution in [2.24, 2.45) is 0 Å². The van der Waals surface area contributed by atoms with Crippen LogP contribution in [0.1, 0.15) is 23.4 Å². The Bertz CT molecular complexity index is 693. The maximum atomic E-state index is 6.16. The lowest BCUT2D eigenvalue weighted by molar-refractivity contribution is 0.0439. The van der Waals surface area contributed by atoms with E-state index < -0.39 is 0 Å². The molecule has 0 aliphatic carbocycles. The lowest BCUT2D eigenvalue weighted by Gasteiger charge is -2.37. The molecule has 2 saturated heterocycles. The van der Waals surface area contributed by atoms with Gasteiger partial charge in [-0.3, -0.25) is 19.8 Å². The highest BCUT2D eigenvalue weighted by atomic mass is 16.5. The number of aryl methyl sites for hydroxylation is 1. The summed E-state index contributed by atoms with van der Waals surface area (Å²) in [6.45, 7) is 8.11. The SMILES string of the molecule is Cc1cccc(CO[C@@H]2C[C@@H]3CN(Cc4ccncc4)CCN3C2)n1. The third-order valence-corrected chi connectivity index (χ3v) is 5.23. The van der Waals surface area contributed by atoms with E-state index in [9.17, 15) is 0 Å². The predicted molar refractivity (Wildman–Crippen MR) is 97.0 cm³/mol. The molecule has 2 fully saturated rings. The summed E-state index contributed by atoms with van der Waals surface area (Å²) in [7, 11) is 0. The molecule has 0 spiro atoms. The summed E-state index contributed by atoms with van der Waals surface area (Å²) in [6, 6.07) is 11.0. The molecule has 5 nitrogen and oxygen atoms in total. The first-order valence-corrected chi connectivity index (χ1v) is 9.16. The van der Waals surface area contributed by atoms with Gasteiger partial charge in [0.05, 0.1) is 18.4 Å². The Labute approximate surface area is 149 Å². The molecule has 0 saturated carbocycles. The molecule has 4 heterocycles. The number of fused-ring (bicyclic) bond motifs is 1. The Morgan fingerprint density at radius 1 is 1.12 bits per heavy atom. The number of pyridine rings is 2. The standard InChI is InChI=1S/C20H26N4O/c1-16-3-2-4-18(22-16)15-25-20-11-19-13-23(9-10-24(19)14-20)12-17-5-7-21-8-6-17/h2-8,19-20H,9-15H2,1H3/t19-,20-/m1/s1. The van der Waals surface area contributed by atoms with Crippen LogP contribution in [0.25, 0.3) is 0 Å². The molecule has 2 aliphatic rings. The van der Waals surface area contributed by atoms with E-state index in [1.807, 2.05) is 31.5 Å². The first kappa shape index (κ1) is 16.6. The fourth-order valence-electron chi connectivity index (χ4n) is 3.95. The third kappa shape index (κ3) is 4.24. The number of piperazine rings is 1. The van der Waals surface area contributed by atoms with Gasteiger partial charge >= 0.3 is 0 Å². The third-order valence-electron chi connectivity index (χ3n) is 5.23. The number of nitrogens with zero attached hydrogens (tertiary/aromatic N) is 4. The van der Waals surface area contributed by atoms with Crippen LogP contribution in [0.2, 0.25) is 0 Å². The Morgan fingerprint density at radius 2 is 2.00 bits per heavy atom. The maximum absolute atomic E-state index is 6.16. The van der Waals surface area contributed by atoms with Crippen molar-refractivity contribution in [1.29, 1.82) is 0 Å². The predicted octanol–water partition coefficient (Wildman–Crippen LogP) is 2.26. The largest absolute Gasteiger partial charge is 0.371 e. The van der Waals surface area contributed by atoms with E-state index in [0.29, 0.717) is 18.8 Å². The monoisotopic (exact) mass is 338 g/mol. The molecule has 4 rings (SSSR count). The van der Waals surface area contributed by atoms with Crippen LogP contribution in [0.5, 0.6) is 0 Å². The molecule has 0 radical (unpaired) electrons. The summed E-state index contributed by atoms with van der Waals surface area (Å²) in [5.74, 6) is 0. The Kier molecular flexibility index (Phi) is 5.06.